The third kappa shape index (κ3) is 2.79. The molecule has 2 unspecified atom stereocenters. The minimum absolute atomic E-state index is 0.140. The number of hydrogen-bond donors (Lipinski definition) is 0. The van der Waals surface area contributed by atoms with Gasteiger partial charge in [0.05, 0.1) is 20.1 Å². The Balaban J connectivity index is 2.16. The van der Waals surface area contributed by atoms with Crippen molar-refractivity contribution in [2.45, 2.75) is 31.7 Å². The van der Waals surface area contributed by atoms with Gasteiger partial charge in [0.1, 0.15) is 0 Å². The Labute approximate surface area is 139 Å². The predicted octanol–water partition coefficient (Wildman–Crippen LogP) is 3.80. The molecule has 0 spiro atoms. The van der Waals surface area contributed by atoms with Crippen LogP contribution in [0.5, 0.6) is 11.5 Å². The molecular weight excluding hydrogens is 314 g/mol. The fraction of sp³-hybridized carbons (Fsp3) is 0.412. The summed E-state index contributed by atoms with van der Waals surface area (Å²) in [6, 6.07) is 7.29. The van der Waals surface area contributed by atoms with Crippen molar-refractivity contribution in [3.05, 3.63) is 55.3 Å². The molecule has 1 aliphatic rings. The first-order valence-electron chi connectivity index (χ1n) is 7.49. The molecule has 1 aromatic heterocycles. The monoisotopic (exact) mass is 333 g/mol. The standard InChI is InChI=1S/C17H19NO4S/c1-10-4-7-16(23-10)17-12-9-15(22-3)14(21-2)8-11(12)5-6-13(17)18(19)20/h4,7-9,13,17H,5-6H2,1-3H3. The normalized spacial score (nSPS) is 20.0. The maximum atomic E-state index is 11.6. The van der Waals surface area contributed by atoms with Gasteiger partial charge in [0.25, 0.3) is 0 Å². The van der Waals surface area contributed by atoms with Crippen molar-refractivity contribution in [1.82, 2.24) is 0 Å². The van der Waals surface area contributed by atoms with Gasteiger partial charge < -0.3 is 9.47 Å². The Morgan fingerprint density at radius 2 is 1.91 bits per heavy atom. The van der Waals surface area contributed by atoms with Crippen LogP contribution in [0.3, 0.4) is 0 Å². The fourth-order valence-electron chi connectivity index (χ4n) is 3.31. The van der Waals surface area contributed by atoms with Gasteiger partial charge in [-0.05, 0) is 48.7 Å². The van der Waals surface area contributed by atoms with Crippen LogP contribution in [0, 0.1) is 17.0 Å². The average molecular weight is 333 g/mol. The molecule has 6 heteroatoms. The molecule has 0 saturated heterocycles. The number of nitrogens with zero attached hydrogens (tertiary/aromatic N) is 1. The molecule has 1 aliphatic carbocycles. The van der Waals surface area contributed by atoms with Gasteiger partial charge in [-0.1, -0.05) is 0 Å². The highest BCUT2D eigenvalue weighted by Gasteiger charge is 2.40. The van der Waals surface area contributed by atoms with Crippen molar-refractivity contribution in [1.29, 1.82) is 0 Å². The maximum Gasteiger partial charge on any atom is 0.225 e. The van der Waals surface area contributed by atoms with Crippen LogP contribution in [0.2, 0.25) is 0 Å². The number of thiophene rings is 1. The van der Waals surface area contributed by atoms with Crippen LogP contribution in [0.4, 0.5) is 0 Å². The summed E-state index contributed by atoms with van der Waals surface area (Å²) in [5, 5.41) is 11.6. The first-order valence-corrected chi connectivity index (χ1v) is 8.31. The SMILES string of the molecule is COc1cc2c(cc1OC)C(c1ccc(C)s1)C([N+](=O)[O-])CC2. The van der Waals surface area contributed by atoms with E-state index in [4.69, 9.17) is 9.47 Å². The number of hydrogen-bond acceptors (Lipinski definition) is 5. The summed E-state index contributed by atoms with van der Waals surface area (Å²) in [5.41, 5.74) is 2.09. The molecular formula is C17H19NO4S. The molecule has 1 heterocycles. The molecule has 0 radical (unpaired) electrons. The van der Waals surface area contributed by atoms with E-state index in [1.54, 1.807) is 25.6 Å². The zero-order valence-corrected chi connectivity index (χ0v) is 14.2. The minimum Gasteiger partial charge on any atom is -0.493 e. The van der Waals surface area contributed by atoms with E-state index in [2.05, 4.69) is 0 Å². The number of nitro groups is 1. The van der Waals surface area contributed by atoms with Crippen LogP contribution in [-0.4, -0.2) is 25.2 Å². The van der Waals surface area contributed by atoms with E-state index in [1.807, 2.05) is 31.2 Å². The summed E-state index contributed by atoms with van der Waals surface area (Å²) in [4.78, 5) is 13.6. The van der Waals surface area contributed by atoms with Crippen molar-refractivity contribution >= 4 is 11.3 Å². The molecule has 0 fully saturated rings. The second-order valence-electron chi connectivity index (χ2n) is 5.72. The third-order valence-corrected chi connectivity index (χ3v) is 5.50. The van der Waals surface area contributed by atoms with Gasteiger partial charge >= 0.3 is 0 Å². The summed E-state index contributed by atoms with van der Waals surface area (Å²) in [6.45, 7) is 2.02. The molecule has 3 rings (SSSR count). The molecule has 0 saturated carbocycles. The molecule has 5 nitrogen and oxygen atoms in total. The minimum atomic E-state index is -0.598. The lowest BCUT2D eigenvalue weighted by Gasteiger charge is -2.28. The molecule has 122 valence electrons. The number of rotatable bonds is 4. The Morgan fingerprint density at radius 3 is 2.48 bits per heavy atom. The van der Waals surface area contributed by atoms with Crippen molar-refractivity contribution < 1.29 is 14.4 Å². The van der Waals surface area contributed by atoms with Crippen molar-refractivity contribution in [2.24, 2.45) is 0 Å². The van der Waals surface area contributed by atoms with E-state index < -0.39 is 6.04 Å². The van der Waals surface area contributed by atoms with E-state index in [0.29, 0.717) is 24.3 Å². The predicted molar refractivity (Wildman–Crippen MR) is 89.5 cm³/mol. The highest BCUT2D eigenvalue weighted by atomic mass is 32.1. The van der Waals surface area contributed by atoms with E-state index in [1.165, 1.54) is 0 Å². The molecule has 0 amide bonds. The van der Waals surface area contributed by atoms with E-state index in [0.717, 1.165) is 20.9 Å². The van der Waals surface area contributed by atoms with Crippen molar-refractivity contribution in [2.75, 3.05) is 14.2 Å². The number of ether oxygens (including phenoxy) is 2. The van der Waals surface area contributed by atoms with Crippen LogP contribution in [0.25, 0.3) is 0 Å². The Kier molecular flexibility index (Phi) is 4.26. The lowest BCUT2D eigenvalue weighted by Crippen LogP contribution is -2.32. The molecule has 0 aliphatic heterocycles. The topological polar surface area (TPSA) is 61.6 Å². The highest BCUT2D eigenvalue weighted by molar-refractivity contribution is 7.12. The van der Waals surface area contributed by atoms with Crippen LogP contribution in [0.1, 0.15) is 33.2 Å². The van der Waals surface area contributed by atoms with E-state index >= 15 is 0 Å². The van der Waals surface area contributed by atoms with E-state index in [9.17, 15) is 10.1 Å². The van der Waals surface area contributed by atoms with Gasteiger partial charge in [0.2, 0.25) is 6.04 Å². The van der Waals surface area contributed by atoms with Crippen molar-refractivity contribution in [3.8, 4) is 11.5 Å². The summed E-state index contributed by atoms with van der Waals surface area (Å²) in [5.74, 6) is 1.06. The number of aryl methyl sites for hydroxylation is 2. The second-order valence-corrected chi connectivity index (χ2v) is 7.04. The highest BCUT2D eigenvalue weighted by Crippen LogP contribution is 2.44. The summed E-state index contributed by atoms with van der Waals surface area (Å²) >= 11 is 1.63. The maximum absolute atomic E-state index is 11.6. The van der Waals surface area contributed by atoms with Gasteiger partial charge in [0, 0.05) is 21.1 Å². The van der Waals surface area contributed by atoms with Gasteiger partial charge in [-0.2, -0.15) is 0 Å². The van der Waals surface area contributed by atoms with Crippen LogP contribution >= 0.6 is 11.3 Å². The molecule has 2 atom stereocenters. The molecule has 0 N–H and O–H groups in total. The largest absolute Gasteiger partial charge is 0.493 e. The number of methoxy groups -OCH3 is 2. The van der Waals surface area contributed by atoms with Gasteiger partial charge in [0.15, 0.2) is 11.5 Å². The number of benzene rings is 1. The lowest BCUT2D eigenvalue weighted by molar-refractivity contribution is -0.526. The molecule has 1 aromatic carbocycles. The smallest absolute Gasteiger partial charge is 0.225 e. The second kappa shape index (κ2) is 6.20. The molecule has 2 aromatic rings. The number of fused-ring (bicyclic) bond motifs is 1. The zero-order chi connectivity index (χ0) is 16.6. The summed E-state index contributed by atoms with van der Waals surface area (Å²) in [7, 11) is 3.19. The summed E-state index contributed by atoms with van der Waals surface area (Å²) < 4.78 is 10.8. The fourth-order valence-corrected chi connectivity index (χ4v) is 4.37. The van der Waals surface area contributed by atoms with Gasteiger partial charge in [-0.3, -0.25) is 10.1 Å². The van der Waals surface area contributed by atoms with Crippen LogP contribution in [-0.2, 0) is 6.42 Å². The zero-order valence-electron chi connectivity index (χ0n) is 13.4. The summed E-state index contributed by atoms with van der Waals surface area (Å²) in [6.07, 6.45) is 1.22. The first kappa shape index (κ1) is 15.8. The quantitative estimate of drug-likeness (QED) is 0.631. The lowest BCUT2D eigenvalue weighted by atomic mass is 9.78. The van der Waals surface area contributed by atoms with Gasteiger partial charge in [-0.25, -0.2) is 0 Å². The van der Waals surface area contributed by atoms with Crippen LogP contribution in [0.15, 0.2) is 24.3 Å². The Hall–Kier alpha value is -2.08. The van der Waals surface area contributed by atoms with Crippen molar-refractivity contribution in [3.63, 3.8) is 0 Å². The van der Waals surface area contributed by atoms with Crippen LogP contribution < -0.4 is 9.47 Å². The third-order valence-electron chi connectivity index (χ3n) is 4.41. The molecule has 23 heavy (non-hydrogen) atoms. The first-order chi connectivity index (χ1) is 11.0. The Morgan fingerprint density at radius 1 is 1.22 bits per heavy atom. The van der Waals surface area contributed by atoms with Gasteiger partial charge in [-0.15, -0.1) is 11.3 Å². The average Bonchev–Trinajstić information content (AvgIpc) is 2.98. The Bertz CT molecular complexity index is 740. The molecule has 0 bridgehead atoms. The van der Waals surface area contributed by atoms with E-state index in [-0.39, 0.29) is 10.8 Å².